The Kier molecular flexibility index (Phi) is 5.79. The van der Waals surface area contributed by atoms with Crippen LogP contribution in [0.15, 0.2) is 36.9 Å². The van der Waals surface area contributed by atoms with Gasteiger partial charge in [-0.15, -0.1) is 6.58 Å². The van der Waals surface area contributed by atoms with Gasteiger partial charge in [0.05, 0.1) is 0 Å². The van der Waals surface area contributed by atoms with E-state index in [1.807, 2.05) is 4.90 Å². The molecule has 0 aliphatic carbocycles. The lowest BCUT2D eigenvalue weighted by atomic mass is 9.86. The summed E-state index contributed by atoms with van der Waals surface area (Å²) in [6.07, 6.45) is 3.79. The maximum atomic E-state index is 13.1. The van der Waals surface area contributed by atoms with Gasteiger partial charge in [-0.2, -0.15) is 0 Å². The molecule has 2 heterocycles. The lowest BCUT2D eigenvalue weighted by molar-refractivity contribution is -0.130. The molecule has 1 N–H and O–H groups in total. The minimum atomic E-state index is -0.334. The van der Waals surface area contributed by atoms with Gasteiger partial charge in [-0.1, -0.05) is 6.08 Å². The molecule has 1 unspecified atom stereocenters. The van der Waals surface area contributed by atoms with Gasteiger partial charge in [-0.05, 0) is 44.2 Å². The second-order valence-corrected chi connectivity index (χ2v) is 7.38. The van der Waals surface area contributed by atoms with Crippen molar-refractivity contribution in [2.24, 2.45) is 0 Å². The molecule has 1 spiro atoms. The molecule has 2 aliphatic heterocycles. The van der Waals surface area contributed by atoms with Crippen molar-refractivity contribution in [2.75, 3.05) is 45.1 Å². The predicted molar refractivity (Wildman–Crippen MR) is 103 cm³/mol. The number of amides is 3. The summed E-state index contributed by atoms with van der Waals surface area (Å²) in [6, 6.07) is 5.57. The zero-order chi connectivity index (χ0) is 19.4. The molecule has 7 heteroatoms. The van der Waals surface area contributed by atoms with Crippen molar-refractivity contribution in [3.63, 3.8) is 0 Å². The number of hydrogen-bond acceptors (Lipinski definition) is 3. The third kappa shape index (κ3) is 4.30. The van der Waals surface area contributed by atoms with Gasteiger partial charge in [0.2, 0.25) is 5.91 Å². The number of carbonyl (C=O) groups excluding carboxylic acids is 2. The maximum absolute atomic E-state index is 13.1. The molecule has 0 saturated carbocycles. The number of benzene rings is 1. The molecular formula is C20H27FN4O2. The Morgan fingerprint density at radius 1 is 1.26 bits per heavy atom. The van der Waals surface area contributed by atoms with Crippen molar-refractivity contribution in [1.82, 2.24) is 14.7 Å². The summed E-state index contributed by atoms with van der Waals surface area (Å²) in [5, 5.41) is 2.84. The molecule has 1 atom stereocenters. The standard InChI is InChI=1S/C20H27FN4O2/c1-3-11-24-12-10-20(9-8-18(24)26)15-25(14-13-23(20)2)19(27)22-17-6-4-16(21)5-7-17/h3-7H,1,8-15H2,2H3,(H,22,27). The van der Waals surface area contributed by atoms with E-state index in [9.17, 15) is 14.0 Å². The molecule has 3 amide bonds. The number of anilines is 1. The Hall–Kier alpha value is -2.41. The lowest BCUT2D eigenvalue weighted by Crippen LogP contribution is -2.62. The molecular weight excluding hydrogens is 347 g/mol. The van der Waals surface area contributed by atoms with Crippen LogP contribution >= 0.6 is 0 Å². The molecule has 27 heavy (non-hydrogen) atoms. The van der Waals surface area contributed by atoms with Crippen molar-refractivity contribution in [3.8, 4) is 0 Å². The summed E-state index contributed by atoms with van der Waals surface area (Å²) in [7, 11) is 2.07. The van der Waals surface area contributed by atoms with E-state index in [4.69, 9.17) is 0 Å². The maximum Gasteiger partial charge on any atom is 0.321 e. The first kappa shape index (κ1) is 19.4. The molecule has 0 bridgehead atoms. The summed E-state index contributed by atoms with van der Waals surface area (Å²) >= 11 is 0. The molecule has 2 aliphatic rings. The average Bonchev–Trinajstić information content (AvgIpc) is 2.81. The van der Waals surface area contributed by atoms with Crippen LogP contribution in [-0.2, 0) is 4.79 Å². The second kappa shape index (κ2) is 8.08. The second-order valence-electron chi connectivity index (χ2n) is 7.38. The van der Waals surface area contributed by atoms with E-state index in [2.05, 4.69) is 23.8 Å². The third-order valence-corrected chi connectivity index (χ3v) is 5.74. The highest BCUT2D eigenvalue weighted by molar-refractivity contribution is 5.89. The van der Waals surface area contributed by atoms with E-state index in [-0.39, 0.29) is 23.3 Å². The molecule has 0 radical (unpaired) electrons. The summed E-state index contributed by atoms with van der Waals surface area (Å²) in [5.74, 6) is -0.188. The highest BCUT2D eigenvalue weighted by Gasteiger charge is 2.43. The van der Waals surface area contributed by atoms with Crippen LogP contribution in [0, 0.1) is 5.82 Å². The van der Waals surface area contributed by atoms with E-state index in [1.54, 1.807) is 23.1 Å². The van der Waals surface area contributed by atoms with E-state index in [0.717, 1.165) is 19.4 Å². The molecule has 2 fully saturated rings. The summed E-state index contributed by atoms with van der Waals surface area (Å²) in [4.78, 5) is 31.0. The number of nitrogens with one attached hydrogen (secondary N) is 1. The van der Waals surface area contributed by atoms with Crippen molar-refractivity contribution in [3.05, 3.63) is 42.7 Å². The van der Waals surface area contributed by atoms with Crippen LogP contribution in [0.25, 0.3) is 0 Å². The fourth-order valence-electron chi connectivity index (χ4n) is 3.95. The first-order valence-corrected chi connectivity index (χ1v) is 9.35. The van der Waals surface area contributed by atoms with E-state index >= 15 is 0 Å². The Morgan fingerprint density at radius 2 is 2.00 bits per heavy atom. The number of likely N-dealkylation sites (tertiary alicyclic amines) is 1. The summed E-state index contributed by atoms with van der Waals surface area (Å²) < 4.78 is 13.1. The van der Waals surface area contributed by atoms with Crippen LogP contribution in [0.4, 0.5) is 14.9 Å². The van der Waals surface area contributed by atoms with Crippen LogP contribution in [0.3, 0.4) is 0 Å². The van der Waals surface area contributed by atoms with Crippen LogP contribution in [0.1, 0.15) is 19.3 Å². The predicted octanol–water partition coefficient (Wildman–Crippen LogP) is 2.54. The number of piperazine rings is 1. The highest BCUT2D eigenvalue weighted by Crippen LogP contribution is 2.32. The van der Waals surface area contributed by atoms with Crippen LogP contribution < -0.4 is 5.32 Å². The number of rotatable bonds is 3. The van der Waals surface area contributed by atoms with Crippen LogP contribution in [0.2, 0.25) is 0 Å². The normalized spacial score (nSPS) is 24.0. The minimum absolute atomic E-state index is 0.146. The van der Waals surface area contributed by atoms with Gasteiger partial charge in [-0.25, -0.2) is 9.18 Å². The number of halogens is 1. The largest absolute Gasteiger partial charge is 0.339 e. The van der Waals surface area contributed by atoms with Crippen molar-refractivity contribution in [2.45, 2.75) is 24.8 Å². The van der Waals surface area contributed by atoms with Crippen LogP contribution in [-0.4, -0.2) is 71.9 Å². The van der Waals surface area contributed by atoms with Crippen molar-refractivity contribution >= 4 is 17.6 Å². The summed E-state index contributed by atoms with van der Waals surface area (Å²) in [5.41, 5.74) is 0.367. The van der Waals surface area contributed by atoms with E-state index in [0.29, 0.717) is 38.3 Å². The molecule has 3 rings (SSSR count). The van der Waals surface area contributed by atoms with Gasteiger partial charge in [0.25, 0.3) is 0 Å². The Labute approximate surface area is 159 Å². The topological polar surface area (TPSA) is 55.9 Å². The SMILES string of the molecule is C=CCN1CCC2(CCC1=O)CN(C(=O)Nc1ccc(F)cc1)CCN2C. The van der Waals surface area contributed by atoms with Crippen LogP contribution in [0.5, 0.6) is 0 Å². The number of likely N-dealkylation sites (N-methyl/N-ethyl adjacent to an activating group) is 1. The van der Waals surface area contributed by atoms with Crippen molar-refractivity contribution in [1.29, 1.82) is 0 Å². The van der Waals surface area contributed by atoms with Crippen molar-refractivity contribution < 1.29 is 14.0 Å². The fraction of sp³-hybridized carbons (Fsp3) is 0.500. The smallest absolute Gasteiger partial charge is 0.321 e. The number of hydrogen-bond donors (Lipinski definition) is 1. The van der Waals surface area contributed by atoms with Gasteiger partial charge in [0.15, 0.2) is 0 Å². The van der Waals surface area contributed by atoms with Gasteiger partial charge < -0.3 is 15.1 Å². The Balaban J connectivity index is 1.69. The molecule has 6 nitrogen and oxygen atoms in total. The third-order valence-electron chi connectivity index (χ3n) is 5.74. The first-order chi connectivity index (χ1) is 12.9. The lowest BCUT2D eigenvalue weighted by Gasteiger charge is -2.49. The van der Waals surface area contributed by atoms with Gasteiger partial charge in [0, 0.05) is 50.4 Å². The van der Waals surface area contributed by atoms with Gasteiger partial charge in [-0.3, -0.25) is 9.69 Å². The van der Waals surface area contributed by atoms with E-state index in [1.165, 1.54) is 12.1 Å². The highest BCUT2D eigenvalue weighted by atomic mass is 19.1. The zero-order valence-corrected chi connectivity index (χ0v) is 15.8. The van der Waals surface area contributed by atoms with E-state index < -0.39 is 0 Å². The molecule has 2 saturated heterocycles. The monoisotopic (exact) mass is 374 g/mol. The van der Waals surface area contributed by atoms with Gasteiger partial charge in [0.1, 0.15) is 5.82 Å². The average molecular weight is 374 g/mol. The van der Waals surface area contributed by atoms with Gasteiger partial charge >= 0.3 is 6.03 Å². The molecule has 1 aromatic rings. The quantitative estimate of drug-likeness (QED) is 0.828. The Morgan fingerprint density at radius 3 is 2.70 bits per heavy atom. The Bertz CT molecular complexity index is 708. The zero-order valence-electron chi connectivity index (χ0n) is 15.8. The first-order valence-electron chi connectivity index (χ1n) is 9.35. The number of carbonyl (C=O) groups is 2. The molecule has 1 aromatic carbocycles. The minimum Gasteiger partial charge on any atom is -0.339 e. The fourth-order valence-corrected chi connectivity index (χ4v) is 3.95. The molecule has 146 valence electrons. The summed E-state index contributed by atoms with van der Waals surface area (Å²) in [6.45, 7) is 6.91. The molecule has 0 aromatic heterocycles. The number of urea groups is 1. The number of nitrogens with zero attached hydrogens (tertiary/aromatic N) is 3.